The predicted octanol–water partition coefficient (Wildman–Crippen LogP) is 2.35. The molecule has 1 atom stereocenters. The van der Waals surface area contributed by atoms with Crippen LogP contribution in [0.25, 0.3) is 0 Å². The fourth-order valence-corrected chi connectivity index (χ4v) is 2.47. The minimum absolute atomic E-state index is 0.156. The number of amides is 2. The zero-order valence-corrected chi connectivity index (χ0v) is 15.7. The molecule has 0 aliphatic rings. The Hall–Kier alpha value is -1.89. The molecule has 0 aliphatic carbocycles. The zero-order valence-electron chi connectivity index (χ0n) is 14.8. The van der Waals surface area contributed by atoms with Crippen molar-refractivity contribution < 1.29 is 19.1 Å². The van der Waals surface area contributed by atoms with Crippen LogP contribution in [0.5, 0.6) is 0 Å². The minimum Gasteiger partial charge on any atom is -0.454 e. The van der Waals surface area contributed by atoms with Crippen LogP contribution in [0.2, 0.25) is 0 Å². The molecule has 1 unspecified atom stereocenters. The van der Waals surface area contributed by atoms with Gasteiger partial charge >= 0.3 is 5.97 Å². The summed E-state index contributed by atoms with van der Waals surface area (Å²) in [6.45, 7) is 9.00. The Kier molecular flexibility index (Phi) is 7.41. The van der Waals surface area contributed by atoms with E-state index in [1.54, 1.807) is 31.4 Å². The highest BCUT2D eigenvalue weighted by molar-refractivity contribution is 7.12. The molecule has 2 N–H and O–H groups in total. The Morgan fingerprint density at radius 3 is 2.46 bits per heavy atom. The number of esters is 1. The highest BCUT2D eigenvalue weighted by Gasteiger charge is 2.27. The molecule has 0 aromatic carbocycles. The second-order valence-electron chi connectivity index (χ2n) is 6.57. The summed E-state index contributed by atoms with van der Waals surface area (Å²) in [7, 11) is 0. The second kappa shape index (κ2) is 8.82. The molecule has 1 aromatic rings. The summed E-state index contributed by atoms with van der Waals surface area (Å²) in [6.07, 6.45) is 0.762. The van der Waals surface area contributed by atoms with Crippen molar-refractivity contribution in [3.63, 3.8) is 0 Å². The van der Waals surface area contributed by atoms with Gasteiger partial charge in [0, 0.05) is 5.54 Å². The fraction of sp³-hybridized carbons (Fsp3) is 0.588. The van der Waals surface area contributed by atoms with Crippen LogP contribution in [-0.2, 0) is 14.3 Å². The third-order valence-electron chi connectivity index (χ3n) is 3.66. The third-order valence-corrected chi connectivity index (χ3v) is 4.53. The van der Waals surface area contributed by atoms with E-state index in [2.05, 4.69) is 10.6 Å². The molecule has 1 rings (SSSR count). The van der Waals surface area contributed by atoms with Gasteiger partial charge in [0.25, 0.3) is 11.8 Å². The van der Waals surface area contributed by atoms with Gasteiger partial charge in [0.05, 0.1) is 4.88 Å². The maximum absolute atomic E-state index is 12.2. The molecular formula is C17H26N2O4S. The molecule has 0 radical (unpaired) electrons. The van der Waals surface area contributed by atoms with Gasteiger partial charge in [-0.05, 0) is 37.6 Å². The number of hydrogen-bond donors (Lipinski definition) is 2. The van der Waals surface area contributed by atoms with Crippen molar-refractivity contribution in [1.29, 1.82) is 0 Å². The number of nitrogens with one attached hydrogen (secondary N) is 2. The van der Waals surface area contributed by atoms with E-state index in [1.807, 2.05) is 20.8 Å². The van der Waals surface area contributed by atoms with Crippen LogP contribution >= 0.6 is 11.3 Å². The molecule has 6 nitrogen and oxygen atoms in total. The quantitative estimate of drug-likeness (QED) is 0.702. The van der Waals surface area contributed by atoms with Crippen molar-refractivity contribution in [1.82, 2.24) is 10.6 Å². The van der Waals surface area contributed by atoms with Gasteiger partial charge in [0.15, 0.2) is 6.61 Å². The summed E-state index contributed by atoms with van der Waals surface area (Å²) in [5, 5.41) is 7.25. The van der Waals surface area contributed by atoms with Crippen molar-refractivity contribution in [2.45, 2.75) is 52.6 Å². The summed E-state index contributed by atoms with van der Waals surface area (Å²) >= 11 is 1.30. The normalized spacial score (nSPS) is 12.6. The van der Waals surface area contributed by atoms with Crippen molar-refractivity contribution in [2.24, 2.45) is 5.92 Å². The van der Waals surface area contributed by atoms with Crippen LogP contribution in [0.1, 0.15) is 50.7 Å². The number of ether oxygens (including phenoxy) is 1. The van der Waals surface area contributed by atoms with E-state index in [4.69, 9.17) is 4.74 Å². The average Bonchev–Trinajstić information content (AvgIpc) is 3.03. The lowest BCUT2D eigenvalue weighted by atomic mass is 10.0. The molecule has 0 fully saturated rings. The Balaban J connectivity index is 2.58. The van der Waals surface area contributed by atoms with E-state index in [0.29, 0.717) is 4.88 Å². The lowest BCUT2D eigenvalue weighted by molar-refractivity contribution is -0.151. The predicted molar refractivity (Wildman–Crippen MR) is 93.9 cm³/mol. The van der Waals surface area contributed by atoms with Crippen LogP contribution in [-0.4, -0.2) is 36.0 Å². The van der Waals surface area contributed by atoms with Crippen LogP contribution in [0.4, 0.5) is 0 Å². The number of carbonyl (C=O) groups excluding carboxylic acids is 3. The van der Waals surface area contributed by atoms with Crippen LogP contribution < -0.4 is 10.6 Å². The maximum atomic E-state index is 12.2. The molecule has 0 aliphatic heterocycles. The highest BCUT2D eigenvalue weighted by Crippen LogP contribution is 2.11. The Morgan fingerprint density at radius 2 is 1.96 bits per heavy atom. The van der Waals surface area contributed by atoms with E-state index in [-0.39, 0.29) is 29.9 Å². The molecule has 24 heavy (non-hydrogen) atoms. The van der Waals surface area contributed by atoms with Crippen molar-refractivity contribution in [3.8, 4) is 0 Å². The van der Waals surface area contributed by atoms with Gasteiger partial charge in [0.2, 0.25) is 0 Å². The summed E-state index contributed by atoms with van der Waals surface area (Å²) in [5.74, 6) is -1.45. The molecule has 2 amide bonds. The molecule has 0 bridgehead atoms. The van der Waals surface area contributed by atoms with Gasteiger partial charge in [-0.1, -0.05) is 26.8 Å². The first-order valence-electron chi connectivity index (χ1n) is 7.98. The van der Waals surface area contributed by atoms with Gasteiger partial charge in [-0.25, -0.2) is 4.79 Å². The summed E-state index contributed by atoms with van der Waals surface area (Å²) in [6, 6.07) is 2.65. The van der Waals surface area contributed by atoms with Gasteiger partial charge in [0.1, 0.15) is 6.04 Å². The molecule has 0 spiro atoms. The Bertz CT molecular complexity index is 567. The van der Waals surface area contributed by atoms with E-state index in [0.717, 1.165) is 6.42 Å². The van der Waals surface area contributed by atoms with Crippen molar-refractivity contribution in [3.05, 3.63) is 22.4 Å². The van der Waals surface area contributed by atoms with Gasteiger partial charge in [-0.2, -0.15) is 0 Å². The average molecular weight is 354 g/mol. The largest absolute Gasteiger partial charge is 0.454 e. The SMILES string of the molecule is CCC(C)(C)NC(=O)COC(=O)C(NC(=O)c1cccs1)C(C)C. The molecule has 0 saturated heterocycles. The number of rotatable bonds is 8. The van der Waals surface area contributed by atoms with E-state index in [1.165, 1.54) is 11.3 Å². The topological polar surface area (TPSA) is 84.5 Å². The molecule has 1 aromatic heterocycles. The lowest BCUT2D eigenvalue weighted by Crippen LogP contribution is -2.48. The van der Waals surface area contributed by atoms with Crippen LogP contribution in [0, 0.1) is 5.92 Å². The monoisotopic (exact) mass is 354 g/mol. The smallest absolute Gasteiger partial charge is 0.329 e. The van der Waals surface area contributed by atoms with Gasteiger partial charge in [-0.3, -0.25) is 9.59 Å². The Labute approximate surface area is 147 Å². The first-order chi connectivity index (χ1) is 11.2. The minimum atomic E-state index is -0.799. The Morgan fingerprint density at radius 1 is 1.29 bits per heavy atom. The van der Waals surface area contributed by atoms with E-state index < -0.39 is 12.0 Å². The highest BCUT2D eigenvalue weighted by atomic mass is 32.1. The zero-order chi connectivity index (χ0) is 18.3. The van der Waals surface area contributed by atoms with Gasteiger partial charge in [-0.15, -0.1) is 11.3 Å². The standard InChI is InChI=1S/C17H26N2O4S/c1-6-17(4,5)19-13(20)10-23-16(22)14(11(2)3)18-15(21)12-8-7-9-24-12/h7-9,11,14H,6,10H2,1-5H3,(H,18,21)(H,19,20). The molecular weight excluding hydrogens is 328 g/mol. The third kappa shape index (κ3) is 6.31. The van der Waals surface area contributed by atoms with E-state index in [9.17, 15) is 14.4 Å². The first-order valence-corrected chi connectivity index (χ1v) is 8.86. The molecule has 7 heteroatoms. The summed E-state index contributed by atoms with van der Waals surface area (Å²) in [4.78, 5) is 36.7. The van der Waals surface area contributed by atoms with Crippen molar-refractivity contribution >= 4 is 29.1 Å². The van der Waals surface area contributed by atoms with Gasteiger partial charge < -0.3 is 15.4 Å². The molecule has 0 saturated carbocycles. The number of thiophene rings is 1. The van der Waals surface area contributed by atoms with E-state index >= 15 is 0 Å². The summed E-state index contributed by atoms with van der Waals surface area (Å²) in [5.41, 5.74) is -0.353. The molecule has 134 valence electrons. The second-order valence-corrected chi connectivity index (χ2v) is 7.51. The fourth-order valence-electron chi connectivity index (χ4n) is 1.85. The molecule has 1 heterocycles. The number of carbonyl (C=O) groups is 3. The van der Waals surface area contributed by atoms with Crippen LogP contribution in [0.15, 0.2) is 17.5 Å². The van der Waals surface area contributed by atoms with Crippen molar-refractivity contribution in [2.75, 3.05) is 6.61 Å². The lowest BCUT2D eigenvalue weighted by Gasteiger charge is -2.25. The maximum Gasteiger partial charge on any atom is 0.329 e. The number of hydrogen-bond acceptors (Lipinski definition) is 5. The first kappa shape index (κ1) is 20.2. The van der Waals surface area contributed by atoms with Crippen LogP contribution in [0.3, 0.4) is 0 Å². The summed E-state index contributed by atoms with van der Waals surface area (Å²) < 4.78 is 5.07.